The number of carboxylic acids is 1. The van der Waals surface area contributed by atoms with Gasteiger partial charge < -0.3 is 5.11 Å². The summed E-state index contributed by atoms with van der Waals surface area (Å²) in [4.78, 5) is 26.4. The van der Waals surface area contributed by atoms with Gasteiger partial charge in [0.2, 0.25) is 0 Å². The normalized spacial score (nSPS) is 25.9. The van der Waals surface area contributed by atoms with E-state index in [4.69, 9.17) is 5.11 Å². The van der Waals surface area contributed by atoms with Crippen LogP contribution >= 0.6 is 0 Å². The topological polar surface area (TPSA) is 66.7 Å². The highest BCUT2D eigenvalue weighted by Gasteiger charge is 2.52. The molecule has 0 saturated heterocycles. The fourth-order valence-corrected chi connectivity index (χ4v) is 2.06. The number of alkyl halides is 3. The number of ketones is 1. The number of rotatable bonds is 4. The van der Waals surface area contributed by atoms with E-state index in [2.05, 4.69) is 4.99 Å². The molecule has 106 valence electrons. The molecular weight excluding hydrogens is 263 g/mol. The molecule has 0 bridgehead atoms. The summed E-state index contributed by atoms with van der Waals surface area (Å²) in [5.74, 6) is -7.30. The van der Waals surface area contributed by atoms with Gasteiger partial charge in [0.25, 0.3) is 5.78 Å². The lowest BCUT2D eigenvalue weighted by Gasteiger charge is -2.31. The number of hydrogen-bond donors (Lipinski definition) is 1. The summed E-state index contributed by atoms with van der Waals surface area (Å²) in [6, 6.07) is 0. The molecule has 0 aliphatic carbocycles. The predicted octanol–water partition coefficient (Wildman–Crippen LogP) is 2.24. The minimum atomic E-state index is -5.17. The van der Waals surface area contributed by atoms with Crippen molar-refractivity contribution in [1.82, 2.24) is 0 Å². The van der Waals surface area contributed by atoms with Crippen LogP contribution in [0, 0.1) is 11.8 Å². The number of carbonyl (C=O) groups excluding carboxylic acids is 1. The Kier molecular flexibility index (Phi) is 3.88. The monoisotopic (exact) mass is 277 g/mol. The Bertz CT molecular complexity index is 467. The molecule has 0 aromatic heterocycles. The van der Waals surface area contributed by atoms with Gasteiger partial charge in [0.05, 0.1) is 5.54 Å². The molecule has 0 fully saturated rings. The molecule has 19 heavy (non-hydrogen) atoms. The number of carbonyl (C=O) groups is 2. The molecule has 0 saturated carbocycles. The summed E-state index contributed by atoms with van der Waals surface area (Å²) in [5.41, 5.74) is -0.536. The number of aliphatic imine (C=N–C) groups is 1. The van der Waals surface area contributed by atoms with Gasteiger partial charge in [-0.2, -0.15) is 13.2 Å². The largest absolute Gasteiger partial charge is 0.481 e. The third-order valence-corrected chi connectivity index (χ3v) is 3.33. The summed E-state index contributed by atoms with van der Waals surface area (Å²) >= 11 is 0. The first kappa shape index (κ1) is 15.4. The smallest absolute Gasteiger partial charge is 0.450 e. The van der Waals surface area contributed by atoms with E-state index in [-0.39, 0.29) is 0 Å². The highest BCUT2D eigenvalue weighted by Crippen LogP contribution is 2.36. The number of halogens is 3. The van der Waals surface area contributed by atoms with E-state index in [1.807, 2.05) is 0 Å². The van der Waals surface area contributed by atoms with Crippen molar-refractivity contribution in [2.75, 3.05) is 0 Å². The molecular formula is C12H14F3NO3. The minimum Gasteiger partial charge on any atom is -0.481 e. The summed E-state index contributed by atoms with van der Waals surface area (Å²) in [6.07, 6.45) is -2.06. The van der Waals surface area contributed by atoms with Crippen LogP contribution in [0.25, 0.3) is 0 Å². The van der Waals surface area contributed by atoms with Crippen LogP contribution in [0.2, 0.25) is 0 Å². The lowest BCUT2D eigenvalue weighted by molar-refractivity contribution is -0.182. The van der Waals surface area contributed by atoms with Crippen LogP contribution in [-0.2, 0) is 9.59 Å². The molecule has 3 atom stereocenters. The Hall–Kier alpha value is -1.66. The number of aliphatic carboxylic acids is 1. The van der Waals surface area contributed by atoms with Crippen molar-refractivity contribution in [3.63, 3.8) is 0 Å². The van der Waals surface area contributed by atoms with Gasteiger partial charge in [-0.05, 0) is 19.9 Å². The molecule has 0 aromatic carbocycles. The Labute approximate surface area is 108 Å². The summed E-state index contributed by atoms with van der Waals surface area (Å²) < 4.78 is 37.3. The SMILES string of the molecule is CC1=NC(C)(C(C)C(C(=O)O)C(=O)C(F)(F)F)C=C1. The molecule has 7 heteroatoms. The lowest BCUT2D eigenvalue weighted by atomic mass is 9.76. The van der Waals surface area contributed by atoms with Gasteiger partial charge in [-0.3, -0.25) is 14.6 Å². The first-order valence-electron chi connectivity index (χ1n) is 5.58. The van der Waals surface area contributed by atoms with E-state index in [1.165, 1.54) is 19.9 Å². The Morgan fingerprint density at radius 3 is 2.26 bits per heavy atom. The molecule has 0 radical (unpaired) electrons. The average Bonchev–Trinajstić information content (AvgIpc) is 2.58. The second kappa shape index (κ2) is 4.79. The number of carboxylic acid groups (broad SMARTS) is 1. The van der Waals surface area contributed by atoms with Crippen molar-refractivity contribution in [3.05, 3.63) is 12.2 Å². The number of hydrogen-bond acceptors (Lipinski definition) is 3. The molecule has 3 unspecified atom stereocenters. The minimum absolute atomic E-state index is 0.581. The summed E-state index contributed by atoms with van der Waals surface area (Å²) in [6.45, 7) is 4.44. The molecule has 1 aliphatic rings. The van der Waals surface area contributed by atoms with Crippen LogP contribution in [0.3, 0.4) is 0 Å². The van der Waals surface area contributed by atoms with Crippen LogP contribution in [0.1, 0.15) is 20.8 Å². The zero-order valence-electron chi connectivity index (χ0n) is 10.7. The molecule has 0 spiro atoms. The van der Waals surface area contributed by atoms with Crippen LogP contribution < -0.4 is 0 Å². The standard InChI is InChI=1S/C12H14F3NO3/c1-6-4-5-11(3,16-6)7(2)8(10(18)19)9(17)12(13,14)15/h4-5,7-8H,1-3H3,(H,18,19). The van der Waals surface area contributed by atoms with Gasteiger partial charge in [0.15, 0.2) is 0 Å². The van der Waals surface area contributed by atoms with Gasteiger partial charge in [-0.25, -0.2) is 0 Å². The maximum atomic E-state index is 12.4. The third-order valence-electron chi connectivity index (χ3n) is 3.33. The van der Waals surface area contributed by atoms with Gasteiger partial charge in [-0.15, -0.1) is 0 Å². The van der Waals surface area contributed by atoms with E-state index < -0.39 is 35.3 Å². The fourth-order valence-electron chi connectivity index (χ4n) is 2.06. The average molecular weight is 277 g/mol. The molecule has 0 aromatic rings. The molecule has 1 heterocycles. The maximum Gasteiger partial charge on any atom is 0.450 e. The Balaban J connectivity index is 3.12. The molecule has 1 N–H and O–H groups in total. The maximum absolute atomic E-state index is 12.4. The second-order valence-corrected chi connectivity index (χ2v) is 4.78. The predicted molar refractivity (Wildman–Crippen MR) is 62.0 cm³/mol. The third kappa shape index (κ3) is 3.02. The second-order valence-electron chi connectivity index (χ2n) is 4.78. The molecule has 4 nitrogen and oxygen atoms in total. The Morgan fingerprint density at radius 1 is 1.42 bits per heavy atom. The van der Waals surface area contributed by atoms with Crippen LogP contribution in [0.5, 0.6) is 0 Å². The van der Waals surface area contributed by atoms with Gasteiger partial charge in [0.1, 0.15) is 5.92 Å². The van der Waals surface area contributed by atoms with Crippen molar-refractivity contribution in [3.8, 4) is 0 Å². The zero-order valence-corrected chi connectivity index (χ0v) is 10.7. The Morgan fingerprint density at radius 2 is 1.95 bits per heavy atom. The highest BCUT2D eigenvalue weighted by atomic mass is 19.4. The van der Waals surface area contributed by atoms with Crippen molar-refractivity contribution in [2.24, 2.45) is 16.8 Å². The first-order valence-corrected chi connectivity index (χ1v) is 5.58. The van der Waals surface area contributed by atoms with E-state index in [0.29, 0.717) is 5.71 Å². The van der Waals surface area contributed by atoms with Crippen molar-refractivity contribution < 1.29 is 27.9 Å². The van der Waals surface area contributed by atoms with Crippen molar-refractivity contribution >= 4 is 17.5 Å². The molecule has 1 aliphatic heterocycles. The number of nitrogens with zero attached hydrogens (tertiary/aromatic N) is 1. The van der Waals surface area contributed by atoms with E-state index >= 15 is 0 Å². The summed E-state index contributed by atoms with van der Waals surface area (Å²) in [5, 5.41) is 8.92. The van der Waals surface area contributed by atoms with Crippen molar-refractivity contribution in [1.29, 1.82) is 0 Å². The highest BCUT2D eigenvalue weighted by molar-refractivity contribution is 6.02. The van der Waals surface area contributed by atoms with Crippen LogP contribution in [0.15, 0.2) is 17.1 Å². The molecule has 0 amide bonds. The van der Waals surface area contributed by atoms with E-state index in [0.717, 1.165) is 0 Å². The zero-order chi connectivity index (χ0) is 15.0. The van der Waals surface area contributed by atoms with Gasteiger partial charge >= 0.3 is 12.1 Å². The quantitative estimate of drug-likeness (QED) is 0.801. The molecule has 1 rings (SSSR count). The van der Waals surface area contributed by atoms with Crippen molar-refractivity contribution in [2.45, 2.75) is 32.5 Å². The first-order chi connectivity index (χ1) is 8.49. The number of allylic oxidation sites excluding steroid dienone is 1. The number of Topliss-reactive ketones (excluding diaryl/α,β-unsaturated/α-hetero) is 1. The van der Waals surface area contributed by atoms with Crippen LogP contribution in [-0.4, -0.2) is 34.3 Å². The fraction of sp³-hybridized carbons (Fsp3) is 0.583. The van der Waals surface area contributed by atoms with Crippen LogP contribution in [0.4, 0.5) is 13.2 Å². The van der Waals surface area contributed by atoms with E-state index in [9.17, 15) is 22.8 Å². The van der Waals surface area contributed by atoms with Gasteiger partial charge in [-0.1, -0.05) is 13.0 Å². The summed E-state index contributed by atoms with van der Waals surface area (Å²) in [7, 11) is 0. The van der Waals surface area contributed by atoms with E-state index in [1.54, 1.807) is 13.0 Å². The van der Waals surface area contributed by atoms with Gasteiger partial charge in [0, 0.05) is 11.6 Å². The lowest BCUT2D eigenvalue weighted by Crippen LogP contribution is -2.45.